The summed E-state index contributed by atoms with van der Waals surface area (Å²) < 4.78 is 16.7. The van der Waals surface area contributed by atoms with Gasteiger partial charge in [0.1, 0.15) is 29.4 Å². The number of rotatable bonds is 20. The zero-order chi connectivity index (χ0) is 49.6. The Hall–Kier alpha value is -3.96. The molecule has 14 heteroatoms. The van der Waals surface area contributed by atoms with E-state index in [-0.39, 0.29) is 61.8 Å². The quantitative estimate of drug-likeness (QED) is 0.0856. The van der Waals surface area contributed by atoms with Crippen LogP contribution in [0.5, 0.6) is 0 Å². The van der Waals surface area contributed by atoms with Gasteiger partial charge in [0.05, 0.1) is 44.8 Å². The number of carbonyl (C=O) groups is 6. The normalized spacial score (nSPS) is 16.2. The van der Waals surface area contributed by atoms with E-state index in [1.54, 1.807) is 51.1 Å². The van der Waals surface area contributed by atoms with E-state index in [2.05, 4.69) is 0 Å². The summed E-state index contributed by atoms with van der Waals surface area (Å²) in [4.78, 5) is 76.5. The van der Waals surface area contributed by atoms with Gasteiger partial charge in [0.2, 0.25) is 0 Å². The summed E-state index contributed by atoms with van der Waals surface area (Å²) in [5.74, 6) is -3.15. The van der Waals surface area contributed by atoms with E-state index in [1.807, 2.05) is 57.2 Å². The Morgan fingerprint density at radius 1 is 0.567 bits per heavy atom. The largest absolute Gasteiger partial charge is 0.481 e. The second-order valence-corrected chi connectivity index (χ2v) is 21.8. The number of Topliss-reactive ketones (excluding diaryl/α,β-unsaturated/α-hetero) is 2. The zero-order valence-corrected chi connectivity index (χ0v) is 42.7. The van der Waals surface area contributed by atoms with E-state index in [1.165, 1.54) is 0 Å². The smallest absolute Gasteiger partial charge is 0.309 e. The Morgan fingerprint density at radius 2 is 0.970 bits per heavy atom. The summed E-state index contributed by atoms with van der Waals surface area (Å²) in [6.45, 7) is 11.0. The molecule has 0 bridgehead atoms. The van der Waals surface area contributed by atoms with E-state index in [4.69, 9.17) is 60.6 Å². The lowest BCUT2D eigenvalue weighted by molar-refractivity contribution is -0.161. The van der Waals surface area contributed by atoms with Gasteiger partial charge >= 0.3 is 23.9 Å². The number of carbonyl (C=O) groups excluding carboxylic acids is 5. The number of hydrogen-bond acceptors (Lipinski definition) is 9. The number of carboxylic acid groups (broad SMARTS) is 1. The minimum absolute atomic E-state index is 0.0179. The predicted molar refractivity (Wildman–Crippen MR) is 262 cm³/mol. The number of ether oxygens (including phenoxy) is 3. The molecule has 10 nitrogen and oxygen atoms in total. The van der Waals surface area contributed by atoms with Crippen molar-refractivity contribution in [2.24, 2.45) is 22.7 Å². The lowest BCUT2D eigenvalue weighted by Gasteiger charge is -2.28. The van der Waals surface area contributed by atoms with E-state index >= 15 is 0 Å². The maximum absolute atomic E-state index is 13.5. The molecule has 366 valence electrons. The predicted octanol–water partition coefficient (Wildman–Crippen LogP) is 13.4. The molecular weight excluding hydrogens is 938 g/mol. The molecule has 3 aromatic carbocycles. The van der Waals surface area contributed by atoms with Crippen molar-refractivity contribution < 1.29 is 48.1 Å². The molecule has 1 N–H and O–H groups in total. The lowest BCUT2D eigenvalue weighted by atomic mass is 9.76. The van der Waals surface area contributed by atoms with Crippen molar-refractivity contribution in [2.45, 2.75) is 162 Å². The van der Waals surface area contributed by atoms with Gasteiger partial charge in [0, 0.05) is 23.7 Å². The minimum Gasteiger partial charge on any atom is -0.481 e. The van der Waals surface area contributed by atoms with E-state index in [0.29, 0.717) is 71.5 Å². The van der Waals surface area contributed by atoms with Crippen LogP contribution in [0.3, 0.4) is 0 Å². The summed E-state index contributed by atoms with van der Waals surface area (Å²) >= 11 is 24.3. The van der Waals surface area contributed by atoms with Crippen LogP contribution in [-0.2, 0) is 62.4 Å². The van der Waals surface area contributed by atoms with Crippen molar-refractivity contribution in [2.75, 3.05) is 0 Å². The van der Waals surface area contributed by atoms with Crippen molar-refractivity contribution in [3.63, 3.8) is 0 Å². The molecule has 0 amide bonds. The fourth-order valence-electron chi connectivity index (χ4n) is 8.99. The van der Waals surface area contributed by atoms with E-state index < -0.39 is 39.8 Å². The highest BCUT2D eigenvalue weighted by molar-refractivity contribution is 6.42. The van der Waals surface area contributed by atoms with Gasteiger partial charge in [0.15, 0.2) is 0 Å². The third kappa shape index (κ3) is 18.1. The molecule has 2 unspecified atom stereocenters. The standard InChI is InChI=1S/C30H36Cl2O5.C23H30Cl2O5/c1-29(2,3)37-28(35)23(17-22-11-13-24(31)25(32)18-22)12-14-26(33)30(15-7-8-16-30)19-27(34)36-20-21-9-5-4-6-10-21;1-22(2,3)30-21(29)16(12-15-6-8-17(24)18(25)13-15)7-9-19(26)23(14-20(27)28)10-4-5-11-23/h4-6,9-11,13,18,23H,7-8,12,14-17,19-20H2,1-3H3;6,8,13,16H,4-5,7,9-12,14H2,1-3H3,(H,27,28). The third-order valence-corrected chi connectivity index (χ3v) is 13.8. The first kappa shape index (κ1) is 55.6. The van der Waals surface area contributed by atoms with Gasteiger partial charge in [-0.1, -0.05) is 115 Å². The molecular formula is C53H66Cl4O10. The molecule has 0 aliphatic heterocycles. The second-order valence-electron chi connectivity index (χ2n) is 20.2. The maximum Gasteiger partial charge on any atom is 0.309 e. The average molecular weight is 1000 g/mol. The van der Waals surface area contributed by atoms with Crippen molar-refractivity contribution in [3.05, 3.63) is 104 Å². The Labute approximate surface area is 416 Å². The molecule has 2 atom stereocenters. The Morgan fingerprint density at radius 3 is 1.34 bits per heavy atom. The number of halogens is 4. The second kappa shape index (κ2) is 25.1. The van der Waals surface area contributed by atoms with Crippen molar-refractivity contribution in [1.29, 1.82) is 0 Å². The first-order valence-electron chi connectivity index (χ1n) is 23.2. The number of benzene rings is 3. The number of ketones is 2. The fraction of sp³-hybridized carbons (Fsp3) is 0.547. The van der Waals surface area contributed by atoms with Crippen LogP contribution in [0, 0.1) is 22.7 Å². The number of hydrogen-bond donors (Lipinski definition) is 1. The van der Waals surface area contributed by atoms with Crippen LogP contribution in [-0.4, -0.2) is 51.8 Å². The van der Waals surface area contributed by atoms with Crippen LogP contribution >= 0.6 is 46.4 Å². The van der Waals surface area contributed by atoms with Gasteiger partial charge in [0.25, 0.3) is 0 Å². The molecule has 0 saturated heterocycles. The van der Waals surface area contributed by atoms with Crippen LogP contribution in [0.15, 0.2) is 66.7 Å². The molecule has 0 aromatic heterocycles. The first-order valence-corrected chi connectivity index (χ1v) is 24.7. The SMILES string of the molecule is CC(C)(C)OC(=O)C(CCC(=O)C1(CC(=O)O)CCCC1)Cc1ccc(Cl)c(Cl)c1.CC(C)(C)OC(=O)C(CCC(=O)C1(CC(=O)OCc2ccccc2)CCCC1)Cc1ccc(Cl)c(Cl)c1. The summed E-state index contributed by atoms with van der Waals surface area (Å²) in [5.41, 5.74) is -0.236. The number of esters is 3. The summed E-state index contributed by atoms with van der Waals surface area (Å²) in [6.07, 6.45) is 7.69. The van der Waals surface area contributed by atoms with Gasteiger partial charge in [-0.15, -0.1) is 0 Å². The zero-order valence-electron chi connectivity index (χ0n) is 39.7. The number of aliphatic carboxylic acids is 1. The molecule has 67 heavy (non-hydrogen) atoms. The highest BCUT2D eigenvalue weighted by Gasteiger charge is 2.44. The van der Waals surface area contributed by atoms with E-state index in [0.717, 1.165) is 42.4 Å². The molecule has 3 aromatic rings. The van der Waals surface area contributed by atoms with Crippen LogP contribution in [0.2, 0.25) is 20.1 Å². The van der Waals surface area contributed by atoms with Crippen LogP contribution < -0.4 is 0 Å². The molecule has 2 aliphatic carbocycles. The topological polar surface area (TPSA) is 150 Å². The van der Waals surface area contributed by atoms with Gasteiger partial charge in [-0.3, -0.25) is 28.8 Å². The molecule has 0 spiro atoms. The molecule has 0 heterocycles. The van der Waals surface area contributed by atoms with Crippen molar-refractivity contribution >= 4 is 81.8 Å². The average Bonchev–Trinajstić information content (AvgIpc) is 3.93. The summed E-state index contributed by atoms with van der Waals surface area (Å²) in [6, 6.07) is 19.9. The van der Waals surface area contributed by atoms with Gasteiger partial charge in [-0.05, 0) is 134 Å². The summed E-state index contributed by atoms with van der Waals surface area (Å²) in [5, 5.41) is 11.0. The Balaban J connectivity index is 0.000000299. The van der Waals surface area contributed by atoms with Crippen LogP contribution in [0.4, 0.5) is 0 Å². The highest BCUT2D eigenvalue weighted by Crippen LogP contribution is 2.45. The molecule has 2 fully saturated rings. The molecule has 5 rings (SSSR count). The fourth-order valence-corrected chi connectivity index (χ4v) is 9.63. The van der Waals surface area contributed by atoms with Crippen LogP contribution in [0.25, 0.3) is 0 Å². The molecule has 2 aliphatic rings. The lowest BCUT2D eigenvalue weighted by Crippen LogP contribution is -2.34. The third-order valence-electron chi connectivity index (χ3n) is 12.4. The first-order chi connectivity index (χ1) is 31.4. The number of carboxylic acids is 1. The molecule has 2 saturated carbocycles. The molecule has 0 radical (unpaired) electrons. The van der Waals surface area contributed by atoms with Crippen molar-refractivity contribution in [3.8, 4) is 0 Å². The Kier molecular flexibility index (Phi) is 20.8. The van der Waals surface area contributed by atoms with Crippen molar-refractivity contribution in [1.82, 2.24) is 0 Å². The van der Waals surface area contributed by atoms with Gasteiger partial charge in [-0.2, -0.15) is 0 Å². The highest BCUT2D eigenvalue weighted by atomic mass is 35.5. The van der Waals surface area contributed by atoms with Crippen LogP contribution in [0.1, 0.15) is 148 Å². The maximum atomic E-state index is 13.5. The minimum atomic E-state index is -0.954. The monoisotopic (exact) mass is 1000 g/mol. The summed E-state index contributed by atoms with van der Waals surface area (Å²) in [7, 11) is 0. The van der Waals surface area contributed by atoms with Gasteiger partial charge < -0.3 is 19.3 Å². The Bertz CT molecular complexity index is 2180. The van der Waals surface area contributed by atoms with Gasteiger partial charge in [-0.25, -0.2) is 0 Å². The van der Waals surface area contributed by atoms with E-state index in [9.17, 15) is 33.9 Å².